The Kier molecular flexibility index (Phi) is 2.92. The van der Waals surface area contributed by atoms with Crippen LogP contribution in [0.2, 0.25) is 0 Å². The Morgan fingerprint density at radius 3 is 2.89 bits per heavy atom. The molecule has 0 radical (unpaired) electrons. The number of benzene rings is 1. The molecule has 0 aliphatic heterocycles. The van der Waals surface area contributed by atoms with E-state index in [4.69, 9.17) is 0 Å². The standard InChI is InChI=1S/C10H9N7S/c1-2-4-7(5-3-1)9-12-10(18-15-9)11-6-8-13-16-17-14-8/h1-5H,6H2,(H,11,12,15)(H,13,14,16,17). The number of aromatic nitrogens is 6. The minimum absolute atomic E-state index is 0.472. The quantitative estimate of drug-likeness (QED) is 0.734. The van der Waals surface area contributed by atoms with Gasteiger partial charge in [0.25, 0.3) is 0 Å². The molecule has 18 heavy (non-hydrogen) atoms. The van der Waals surface area contributed by atoms with Crippen LogP contribution < -0.4 is 5.32 Å². The lowest BCUT2D eigenvalue weighted by Gasteiger charge is -1.95. The van der Waals surface area contributed by atoms with Gasteiger partial charge in [-0.05, 0) is 0 Å². The van der Waals surface area contributed by atoms with E-state index in [9.17, 15) is 0 Å². The van der Waals surface area contributed by atoms with Crippen LogP contribution in [0.15, 0.2) is 30.3 Å². The highest BCUT2D eigenvalue weighted by molar-refractivity contribution is 7.09. The van der Waals surface area contributed by atoms with Crippen molar-refractivity contribution in [1.82, 2.24) is 30.0 Å². The molecule has 8 heteroatoms. The number of rotatable bonds is 4. The summed E-state index contributed by atoms with van der Waals surface area (Å²) < 4.78 is 4.29. The van der Waals surface area contributed by atoms with Gasteiger partial charge in [0.15, 0.2) is 11.6 Å². The van der Waals surface area contributed by atoms with Crippen LogP contribution in [0.5, 0.6) is 0 Å². The summed E-state index contributed by atoms with van der Waals surface area (Å²) in [5.74, 6) is 1.31. The van der Waals surface area contributed by atoms with Gasteiger partial charge < -0.3 is 5.32 Å². The van der Waals surface area contributed by atoms with Crippen LogP contribution in [0, 0.1) is 0 Å². The SMILES string of the molecule is c1ccc(-c2nsc(NCc3nn[nH]n3)n2)cc1. The van der Waals surface area contributed by atoms with E-state index in [-0.39, 0.29) is 0 Å². The maximum absolute atomic E-state index is 4.39. The monoisotopic (exact) mass is 259 g/mol. The minimum atomic E-state index is 0.472. The Labute approximate surface area is 106 Å². The highest BCUT2D eigenvalue weighted by atomic mass is 32.1. The molecule has 0 amide bonds. The van der Waals surface area contributed by atoms with Gasteiger partial charge in [0.05, 0.1) is 6.54 Å². The first-order valence-corrected chi connectivity index (χ1v) is 6.04. The number of hydrogen-bond acceptors (Lipinski definition) is 7. The van der Waals surface area contributed by atoms with Crippen molar-refractivity contribution in [2.75, 3.05) is 5.32 Å². The van der Waals surface area contributed by atoms with Crippen LogP contribution in [-0.4, -0.2) is 30.0 Å². The first-order valence-electron chi connectivity index (χ1n) is 5.27. The third-order valence-corrected chi connectivity index (χ3v) is 2.92. The van der Waals surface area contributed by atoms with Gasteiger partial charge in [-0.2, -0.15) is 14.6 Å². The van der Waals surface area contributed by atoms with Crippen LogP contribution >= 0.6 is 11.5 Å². The van der Waals surface area contributed by atoms with E-state index in [1.54, 1.807) is 0 Å². The van der Waals surface area contributed by atoms with Gasteiger partial charge in [-0.3, -0.25) is 0 Å². The highest BCUT2D eigenvalue weighted by Gasteiger charge is 2.06. The fraction of sp³-hybridized carbons (Fsp3) is 0.100. The van der Waals surface area contributed by atoms with E-state index < -0.39 is 0 Å². The molecule has 90 valence electrons. The Balaban J connectivity index is 1.70. The van der Waals surface area contributed by atoms with Gasteiger partial charge in [-0.1, -0.05) is 35.5 Å². The molecule has 0 saturated heterocycles. The van der Waals surface area contributed by atoms with E-state index in [1.807, 2.05) is 30.3 Å². The lowest BCUT2D eigenvalue weighted by Crippen LogP contribution is -2.00. The van der Waals surface area contributed by atoms with Gasteiger partial charge in [0.2, 0.25) is 5.13 Å². The molecule has 3 rings (SSSR count). The molecule has 0 fully saturated rings. The van der Waals surface area contributed by atoms with E-state index in [0.29, 0.717) is 12.4 Å². The molecule has 2 N–H and O–H groups in total. The largest absolute Gasteiger partial charge is 0.353 e. The first kappa shape index (κ1) is 10.8. The van der Waals surface area contributed by atoms with Gasteiger partial charge in [0.1, 0.15) is 0 Å². The van der Waals surface area contributed by atoms with Crippen molar-refractivity contribution in [3.8, 4) is 11.4 Å². The summed E-state index contributed by atoms with van der Waals surface area (Å²) in [5, 5.41) is 17.4. The lowest BCUT2D eigenvalue weighted by atomic mass is 10.2. The summed E-state index contributed by atoms with van der Waals surface area (Å²) in [4.78, 5) is 4.39. The Morgan fingerprint density at radius 2 is 2.11 bits per heavy atom. The van der Waals surface area contributed by atoms with Gasteiger partial charge in [0, 0.05) is 17.1 Å². The summed E-state index contributed by atoms with van der Waals surface area (Å²) in [5.41, 5.74) is 1.00. The predicted molar refractivity (Wildman–Crippen MR) is 66.8 cm³/mol. The molecular formula is C10H9N7S. The molecule has 0 unspecified atom stereocenters. The molecule has 3 aromatic rings. The van der Waals surface area contributed by atoms with Gasteiger partial charge >= 0.3 is 0 Å². The second-order valence-corrected chi connectivity index (χ2v) is 4.22. The number of anilines is 1. The Morgan fingerprint density at radius 1 is 1.22 bits per heavy atom. The number of nitrogens with zero attached hydrogens (tertiary/aromatic N) is 5. The molecule has 0 atom stereocenters. The van der Waals surface area contributed by atoms with E-state index in [2.05, 4.69) is 35.3 Å². The third kappa shape index (κ3) is 2.33. The maximum atomic E-state index is 4.39. The summed E-state index contributed by atoms with van der Waals surface area (Å²) >= 11 is 1.31. The van der Waals surface area contributed by atoms with Crippen molar-refractivity contribution in [3.63, 3.8) is 0 Å². The number of nitrogens with one attached hydrogen (secondary N) is 2. The molecule has 2 aromatic heterocycles. The molecule has 0 saturated carbocycles. The van der Waals surface area contributed by atoms with E-state index in [0.717, 1.165) is 16.5 Å². The molecule has 0 bridgehead atoms. The second kappa shape index (κ2) is 4.88. The second-order valence-electron chi connectivity index (χ2n) is 3.47. The van der Waals surface area contributed by atoms with Gasteiger partial charge in [-0.15, -0.1) is 10.2 Å². The summed E-state index contributed by atoms with van der Waals surface area (Å²) in [6, 6.07) is 9.84. The topological polar surface area (TPSA) is 92.3 Å². The van der Waals surface area contributed by atoms with E-state index >= 15 is 0 Å². The Hall–Kier alpha value is -2.35. The molecule has 0 aliphatic carbocycles. The lowest BCUT2D eigenvalue weighted by molar-refractivity contribution is 0.881. The fourth-order valence-electron chi connectivity index (χ4n) is 1.41. The number of tetrazole rings is 1. The smallest absolute Gasteiger partial charge is 0.203 e. The summed E-state index contributed by atoms with van der Waals surface area (Å²) in [6.07, 6.45) is 0. The first-order chi connectivity index (χ1) is 8.92. The van der Waals surface area contributed by atoms with Crippen LogP contribution in [0.1, 0.15) is 5.82 Å². The molecule has 2 heterocycles. The highest BCUT2D eigenvalue weighted by Crippen LogP contribution is 2.20. The number of H-pyrrole nitrogens is 1. The molecule has 0 spiro atoms. The molecular weight excluding hydrogens is 250 g/mol. The van der Waals surface area contributed by atoms with Crippen molar-refractivity contribution >= 4 is 16.7 Å². The average molecular weight is 259 g/mol. The van der Waals surface area contributed by atoms with Crippen LogP contribution in [0.3, 0.4) is 0 Å². The van der Waals surface area contributed by atoms with Crippen molar-refractivity contribution in [1.29, 1.82) is 0 Å². The van der Waals surface area contributed by atoms with Crippen molar-refractivity contribution in [3.05, 3.63) is 36.2 Å². The number of aromatic amines is 1. The zero-order valence-electron chi connectivity index (χ0n) is 9.24. The van der Waals surface area contributed by atoms with Crippen LogP contribution in [0.4, 0.5) is 5.13 Å². The van der Waals surface area contributed by atoms with Crippen molar-refractivity contribution in [2.45, 2.75) is 6.54 Å². The average Bonchev–Trinajstić information content (AvgIpc) is 3.09. The fourth-order valence-corrected chi connectivity index (χ4v) is 2.00. The Bertz CT molecular complexity index is 604. The molecule has 7 nitrogen and oxygen atoms in total. The summed E-state index contributed by atoms with van der Waals surface area (Å²) in [7, 11) is 0. The van der Waals surface area contributed by atoms with Crippen molar-refractivity contribution < 1.29 is 0 Å². The molecule has 1 aromatic carbocycles. The van der Waals surface area contributed by atoms with Gasteiger partial charge in [-0.25, -0.2) is 0 Å². The maximum Gasteiger partial charge on any atom is 0.203 e. The predicted octanol–water partition coefficient (Wildman–Crippen LogP) is 1.33. The summed E-state index contributed by atoms with van der Waals surface area (Å²) in [6.45, 7) is 0.472. The normalized spacial score (nSPS) is 10.4. The zero-order valence-corrected chi connectivity index (χ0v) is 10.1. The zero-order chi connectivity index (χ0) is 12.2. The third-order valence-electron chi connectivity index (χ3n) is 2.24. The van der Waals surface area contributed by atoms with E-state index in [1.165, 1.54) is 11.5 Å². The van der Waals surface area contributed by atoms with Crippen molar-refractivity contribution in [2.24, 2.45) is 0 Å². The van der Waals surface area contributed by atoms with Crippen LogP contribution in [-0.2, 0) is 6.54 Å². The minimum Gasteiger partial charge on any atom is -0.353 e. The van der Waals surface area contributed by atoms with Crippen LogP contribution in [0.25, 0.3) is 11.4 Å². The molecule has 0 aliphatic rings. The number of hydrogen-bond donors (Lipinski definition) is 2.